The fourth-order valence-electron chi connectivity index (χ4n) is 3.29. The molecular weight excluding hydrogens is 286 g/mol. The number of hydrogen-bond acceptors (Lipinski definition) is 3. The molecule has 114 valence electrons. The molecule has 0 aromatic heterocycles. The molecule has 1 fully saturated rings. The molecule has 0 unspecified atom stereocenters. The number of anilines is 1. The average Bonchev–Trinajstić information content (AvgIpc) is 2.49. The molecule has 1 amide bonds. The van der Waals surface area contributed by atoms with Crippen molar-refractivity contribution in [2.24, 2.45) is 5.92 Å². The summed E-state index contributed by atoms with van der Waals surface area (Å²) in [6.07, 6.45) is 3.76. The number of hydrogen-bond donors (Lipinski definition) is 0. The van der Waals surface area contributed by atoms with E-state index in [4.69, 9.17) is 0 Å². The molecule has 0 N–H and O–H groups in total. The van der Waals surface area contributed by atoms with Gasteiger partial charge in [-0.3, -0.25) is 4.79 Å². The highest BCUT2D eigenvalue weighted by Crippen LogP contribution is 2.29. The standard InChI is InChI=1S/C16H21NO3S/c18-16(12-13-7-10-21(19,20)11-8-13)17-9-3-5-14-4-1-2-6-15(14)17/h1-2,4,6,13H,3,5,7-12H2. The van der Waals surface area contributed by atoms with Gasteiger partial charge in [-0.25, -0.2) is 8.42 Å². The molecule has 1 aromatic carbocycles. The van der Waals surface area contributed by atoms with E-state index in [1.807, 2.05) is 23.1 Å². The Balaban J connectivity index is 1.67. The van der Waals surface area contributed by atoms with Crippen molar-refractivity contribution in [3.05, 3.63) is 29.8 Å². The highest BCUT2D eigenvalue weighted by Gasteiger charge is 2.28. The number of carbonyl (C=O) groups excluding carboxylic acids is 1. The van der Waals surface area contributed by atoms with Crippen molar-refractivity contribution in [3.8, 4) is 0 Å². The first-order chi connectivity index (χ1) is 10.1. The van der Waals surface area contributed by atoms with Gasteiger partial charge in [-0.1, -0.05) is 18.2 Å². The van der Waals surface area contributed by atoms with Crippen LogP contribution >= 0.6 is 0 Å². The largest absolute Gasteiger partial charge is 0.312 e. The van der Waals surface area contributed by atoms with Crippen molar-refractivity contribution in [2.75, 3.05) is 23.0 Å². The zero-order valence-corrected chi connectivity index (χ0v) is 12.9. The third-order valence-electron chi connectivity index (χ3n) is 4.55. The number of carbonyl (C=O) groups is 1. The van der Waals surface area contributed by atoms with Crippen LogP contribution in [0.3, 0.4) is 0 Å². The fourth-order valence-corrected chi connectivity index (χ4v) is 4.88. The third-order valence-corrected chi connectivity index (χ3v) is 6.26. The molecule has 0 aliphatic carbocycles. The van der Waals surface area contributed by atoms with Gasteiger partial charge in [0, 0.05) is 18.7 Å². The van der Waals surface area contributed by atoms with Gasteiger partial charge in [-0.15, -0.1) is 0 Å². The zero-order valence-electron chi connectivity index (χ0n) is 12.1. The van der Waals surface area contributed by atoms with Crippen molar-refractivity contribution in [1.82, 2.24) is 0 Å². The van der Waals surface area contributed by atoms with E-state index in [0.717, 1.165) is 25.1 Å². The number of amides is 1. The molecule has 2 aliphatic heterocycles. The molecule has 0 saturated carbocycles. The molecule has 2 aliphatic rings. The number of benzene rings is 1. The number of para-hydroxylation sites is 1. The molecule has 4 nitrogen and oxygen atoms in total. The van der Waals surface area contributed by atoms with Crippen LogP contribution in [-0.4, -0.2) is 32.4 Å². The Morgan fingerprint density at radius 2 is 1.90 bits per heavy atom. The Hall–Kier alpha value is -1.36. The summed E-state index contributed by atoms with van der Waals surface area (Å²) in [5, 5.41) is 0. The number of rotatable bonds is 2. The Morgan fingerprint density at radius 3 is 2.67 bits per heavy atom. The summed E-state index contributed by atoms with van der Waals surface area (Å²) in [4.78, 5) is 14.5. The van der Waals surface area contributed by atoms with E-state index in [2.05, 4.69) is 6.07 Å². The lowest BCUT2D eigenvalue weighted by Gasteiger charge is -2.31. The number of aryl methyl sites for hydroxylation is 1. The van der Waals surface area contributed by atoms with E-state index in [0.29, 0.717) is 19.3 Å². The molecule has 1 aromatic rings. The van der Waals surface area contributed by atoms with Gasteiger partial charge in [0.05, 0.1) is 11.5 Å². The van der Waals surface area contributed by atoms with Crippen LogP contribution in [0.1, 0.15) is 31.2 Å². The monoisotopic (exact) mass is 307 g/mol. The molecule has 2 heterocycles. The van der Waals surface area contributed by atoms with Crippen molar-refractivity contribution in [1.29, 1.82) is 0 Å². The minimum atomic E-state index is -2.85. The van der Waals surface area contributed by atoms with Crippen LogP contribution in [-0.2, 0) is 21.1 Å². The summed E-state index contributed by atoms with van der Waals surface area (Å²) in [6.45, 7) is 0.779. The van der Waals surface area contributed by atoms with E-state index >= 15 is 0 Å². The Morgan fingerprint density at radius 1 is 1.19 bits per heavy atom. The van der Waals surface area contributed by atoms with Crippen LogP contribution in [0.4, 0.5) is 5.69 Å². The van der Waals surface area contributed by atoms with E-state index in [-0.39, 0.29) is 23.3 Å². The van der Waals surface area contributed by atoms with Gasteiger partial charge in [0.25, 0.3) is 0 Å². The fraction of sp³-hybridized carbons (Fsp3) is 0.562. The molecule has 1 saturated heterocycles. The van der Waals surface area contributed by atoms with Gasteiger partial charge in [0.2, 0.25) is 5.91 Å². The van der Waals surface area contributed by atoms with Gasteiger partial charge in [0.15, 0.2) is 0 Å². The Labute approximate surface area is 126 Å². The van der Waals surface area contributed by atoms with Crippen LogP contribution in [0.15, 0.2) is 24.3 Å². The maximum atomic E-state index is 12.6. The van der Waals surface area contributed by atoms with Gasteiger partial charge in [0.1, 0.15) is 9.84 Å². The van der Waals surface area contributed by atoms with E-state index in [9.17, 15) is 13.2 Å². The first kappa shape index (κ1) is 14.6. The molecule has 0 spiro atoms. The maximum absolute atomic E-state index is 12.6. The lowest BCUT2D eigenvalue weighted by atomic mass is 9.96. The molecule has 21 heavy (non-hydrogen) atoms. The molecule has 0 atom stereocenters. The van der Waals surface area contributed by atoms with Crippen molar-refractivity contribution >= 4 is 21.4 Å². The second-order valence-electron chi connectivity index (χ2n) is 6.08. The summed E-state index contributed by atoms with van der Waals surface area (Å²) in [5.41, 5.74) is 2.28. The van der Waals surface area contributed by atoms with Crippen LogP contribution < -0.4 is 4.90 Å². The minimum Gasteiger partial charge on any atom is -0.312 e. The highest BCUT2D eigenvalue weighted by atomic mass is 32.2. The number of sulfone groups is 1. The maximum Gasteiger partial charge on any atom is 0.227 e. The lowest BCUT2D eigenvalue weighted by molar-refractivity contribution is -0.119. The van der Waals surface area contributed by atoms with Crippen molar-refractivity contribution < 1.29 is 13.2 Å². The molecule has 3 rings (SSSR count). The first-order valence-corrected chi connectivity index (χ1v) is 9.46. The van der Waals surface area contributed by atoms with Gasteiger partial charge in [-0.2, -0.15) is 0 Å². The first-order valence-electron chi connectivity index (χ1n) is 7.64. The minimum absolute atomic E-state index is 0.145. The van der Waals surface area contributed by atoms with Gasteiger partial charge >= 0.3 is 0 Å². The zero-order chi connectivity index (χ0) is 14.9. The number of nitrogens with zero attached hydrogens (tertiary/aromatic N) is 1. The number of fused-ring (bicyclic) bond motifs is 1. The van der Waals surface area contributed by atoms with E-state index in [1.54, 1.807) is 0 Å². The summed E-state index contributed by atoms with van der Waals surface area (Å²) < 4.78 is 22.9. The molecule has 5 heteroatoms. The Kier molecular flexibility index (Phi) is 4.02. The van der Waals surface area contributed by atoms with Crippen LogP contribution in [0.25, 0.3) is 0 Å². The Bertz CT molecular complexity index is 625. The predicted molar refractivity (Wildman–Crippen MR) is 83.1 cm³/mol. The summed E-state index contributed by atoms with van der Waals surface area (Å²) in [7, 11) is -2.85. The highest BCUT2D eigenvalue weighted by molar-refractivity contribution is 7.91. The van der Waals surface area contributed by atoms with Crippen LogP contribution in [0.5, 0.6) is 0 Å². The summed E-state index contributed by atoms with van der Waals surface area (Å²) >= 11 is 0. The van der Waals surface area contributed by atoms with Crippen LogP contribution in [0.2, 0.25) is 0 Å². The second-order valence-corrected chi connectivity index (χ2v) is 8.38. The third kappa shape index (κ3) is 3.28. The van der Waals surface area contributed by atoms with Crippen LogP contribution in [0, 0.1) is 5.92 Å². The van der Waals surface area contributed by atoms with Gasteiger partial charge < -0.3 is 4.90 Å². The second kappa shape index (κ2) is 5.79. The molecular formula is C16H21NO3S. The van der Waals surface area contributed by atoms with E-state index < -0.39 is 9.84 Å². The molecule has 0 bridgehead atoms. The van der Waals surface area contributed by atoms with Crippen molar-refractivity contribution in [3.63, 3.8) is 0 Å². The van der Waals surface area contributed by atoms with Gasteiger partial charge in [-0.05, 0) is 43.2 Å². The lowest BCUT2D eigenvalue weighted by Crippen LogP contribution is -2.37. The normalized spacial score (nSPS) is 21.8. The van der Waals surface area contributed by atoms with E-state index in [1.165, 1.54) is 5.56 Å². The average molecular weight is 307 g/mol. The topological polar surface area (TPSA) is 54.5 Å². The predicted octanol–water partition coefficient (Wildman–Crippen LogP) is 2.18. The quantitative estimate of drug-likeness (QED) is 0.841. The molecule has 0 radical (unpaired) electrons. The summed E-state index contributed by atoms with van der Waals surface area (Å²) in [5.74, 6) is 0.838. The smallest absolute Gasteiger partial charge is 0.227 e. The SMILES string of the molecule is O=C(CC1CCS(=O)(=O)CC1)N1CCCc2ccccc21. The summed E-state index contributed by atoms with van der Waals surface area (Å²) in [6, 6.07) is 8.08. The van der Waals surface area contributed by atoms with Crippen molar-refractivity contribution in [2.45, 2.75) is 32.1 Å².